The maximum absolute atomic E-state index is 13.5. The lowest BCUT2D eigenvalue weighted by molar-refractivity contribution is -0.131. The second-order valence-corrected chi connectivity index (χ2v) is 14.5. The van der Waals surface area contributed by atoms with Crippen LogP contribution >= 0.6 is 0 Å². The summed E-state index contributed by atoms with van der Waals surface area (Å²) in [5.74, 6) is -0.238. The smallest absolute Gasteiger partial charge is 0.345 e. The molecule has 2 fully saturated rings. The molecule has 12 heteroatoms. The molecule has 258 valence electrons. The molecule has 3 amide bonds. The molecule has 1 saturated carbocycles. The van der Waals surface area contributed by atoms with Crippen molar-refractivity contribution in [3.63, 3.8) is 0 Å². The molecule has 1 N–H and O–H groups in total. The molecule has 0 bridgehead atoms. The third kappa shape index (κ3) is 6.05. The van der Waals surface area contributed by atoms with Crippen LogP contribution in [0.4, 0.5) is 0 Å². The van der Waals surface area contributed by atoms with Gasteiger partial charge in [-0.25, -0.2) is 4.79 Å². The van der Waals surface area contributed by atoms with Gasteiger partial charge in [-0.2, -0.15) is 15.0 Å². The lowest BCUT2D eigenvalue weighted by Gasteiger charge is -2.38. The zero-order chi connectivity index (χ0) is 35.4. The van der Waals surface area contributed by atoms with E-state index < -0.39 is 17.2 Å². The predicted octanol–water partition coefficient (Wildman–Crippen LogP) is 3.13. The van der Waals surface area contributed by atoms with Crippen LogP contribution in [0.15, 0.2) is 45.7 Å². The van der Waals surface area contributed by atoms with E-state index in [0.29, 0.717) is 42.1 Å². The molecule has 6 rings (SSSR count). The highest BCUT2D eigenvalue weighted by molar-refractivity contribution is 5.95. The molecule has 0 spiro atoms. The van der Waals surface area contributed by atoms with Crippen LogP contribution in [0, 0.1) is 17.2 Å². The summed E-state index contributed by atoms with van der Waals surface area (Å²) in [6, 6.07) is 12.9. The number of nitrogens with one attached hydrogen (secondary N) is 1. The lowest BCUT2D eigenvalue weighted by Crippen LogP contribution is -2.47. The number of hydrogen-bond donors (Lipinski definition) is 1. The molecule has 12 nitrogen and oxygen atoms in total. The molecule has 1 unspecified atom stereocenters. The summed E-state index contributed by atoms with van der Waals surface area (Å²) in [7, 11) is 6.86. The van der Waals surface area contributed by atoms with Crippen LogP contribution in [0.2, 0.25) is 0 Å². The van der Waals surface area contributed by atoms with Crippen molar-refractivity contribution in [3.05, 3.63) is 86.2 Å². The third-order valence-electron chi connectivity index (χ3n) is 10.3. The van der Waals surface area contributed by atoms with Gasteiger partial charge >= 0.3 is 5.76 Å². The Morgan fingerprint density at radius 1 is 0.980 bits per heavy atom. The Kier molecular flexibility index (Phi) is 9.00. The quantitative estimate of drug-likeness (QED) is 0.367. The maximum atomic E-state index is 13.5. The monoisotopic (exact) mass is 667 g/mol. The Morgan fingerprint density at radius 3 is 2.06 bits per heavy atom. The van der Waals surface area contributed by atoms with Crippen LogP contribution in [-0.4, -0.2) is 95.0 Å². The van der Waals surface area contributed by atoms with Gasteiger partial charge in [-0.15, -0.1) is 0 Å². The Bertz CT molecular complexity index is 1830. The Labute approximate surface area is 286 Å². The van der Waals surface area contributed by atoms with E-state index in [-0.39, 0.29) is 42.4 Å². The molecule has 0 radical (unpaired) electrons. The van der Waals surface area contributed by atoms with E-state index in [4.69, 9.17) is 4.52 Å². The summed E-state index contributed by atoms with van der Waals surface area (Å²) in [4.78, 5) is 62.1. The topological polar surface area (TPSA) is 145 Å². The maximum Gasteiger partial charge on any atom is 0.459 e. The van der Waals surface area contributed by atoms with Crippen LogP contribution in [0.3, 0.4) is 0 Å². The number of carbonyl (C=O) groups is 3. The fourth-order valence-electron chi connectivity index (χ4n) is 7.91. The molecule has 1 saturated heterocycles. The number of piperidine rings is 1. The highest BCUT2D eigenvalue weighted by atomic mass is 16.5. The lowest BCUT2D eigenvalue weighted by atomic mass is 9.67. The number of aromatic nitrogens is 2. The second kappa shape index (κ2) is 12.9. The number of likely N-dealkylation sites (tertiary alicyclic amines) is 1. The normalized spacial score (nSPS) is 20.8. The molecule has 2 aromatic carbocycles. The van der Waals surface area contributed by atoms with Crippen molar-refractivity contribution < 1.29 is 18.9 Å². The summed E-state index contributed by atoms with van der Waals surface area (Å²) in [5.41, 5.74) is 3.61. The minimum absolute atomic E-state index is 0.0563. The SMILES string of the molecule is CC(C)n1oc(=O)nc1C1(C[C@H](C)NCC(=O)N2C(C#N)C[C@@H]3C[C@@H]32)c2ccc(C(=O)N(C)C)cc2CCc2cc(C(=O)N(C)C)ccc21. The molecular formula is C37H45N7O5. The van der Waals surface area contributed by atoms with Gasteiger partial charge in [-0.1, -0.05) is 12.1 Å². The summed E-state index contributed by atoms with van der Waals surface area (Å²) in [5, 5.41) is 13.1. The number of rotatable bonds is 9. The van der Waals surface area contributed by atoms with Gasteiger partial charge in [0.1, 0.15) is 6.04 Å². The van der Waals surface area contributed by atoms with E-state index in [2.05, 4.69) is 16.4 Å². The van der Waals surface area contributed by atoms with E-state index in [1.54, 1.807) is 37.8 Å². The molecule has 2 heterocycles. The van der Waals surface area contributed by atoms with Crippen LogP contribution in [0.1, 0.15) is 94.9 Å². The van der Waals surface area contributed by atoms with Crippen molar-refractivity contribution in [2.75, 3.05) is 34.7 Å². The van der Waals surface area contributed by atoms with Gasteiger partial charge in [0.25, 0.3) is 11.8 Å². The Balaban J connectivity index is 1.51. The van der Waals surface area contributed by atoms with Gasteiger partial charge in [0.15, 0.2) is 5.82 Å². The number of aryl methyl sites for hydroxylation is 2. The Morgan fingerprint density at radius 2 is 1.55 bits per heavy atom. The van der Waals surface area contributed by atoms with Crippen molar-refractivity contribution in [1.29, 1.82) is 5.26 Å². The average Bonchev–Trinajstić information content (AvgIpc) is 3.59. The molecule has 2 aliphatic carbocycles. The first-order valence-electron chi connectivity index (χ1n) is 17.0. The molecule has 49 heavy (non-hydrogen) atoms. The van der Waals surface area contributed by atoms with Crippen LogP contribution in [0.5, 0.6) is 0 Å². The predicted molar refractivity (Wildman–Crippen MR) is 182 cm³/mol. The summed E-state index contributed by atoms with van der Waals surface area (Å²) < 4.78 is 7.28. The average molecular weight is 668 g/mol. The summed E-state index contributed by atoms with van der Waals surface area (Å²) in [6.45, 7) is 5.90. The number of nitrogens with zero attached hydrogens (tertiary/aromatic N) is 6. The van der Waals surface area contributed by atoms with Crippen LogP contribution < -0.4 is 11.1 Å². The van der Waals surface area contributed by atoms with Crippen molar-refractivity contribution in [2.45, 2.75) is 82.5 Å². The van der Waals surface area contributed by atoms with E-state index in [9.17, 15) is 24.4 Å². The van der Waals surface area contributed by atoms with E-state index in [0.717, 1.165) is 35.1 Å². The van der Waals surface area contributed by atoms with Crippen molar-refractivity contribution >= 4 is 17.7 Å². The van der Waals surface area contributed by atoms with E-state index in [1.165, 1.54) is 9.80 Å². The summed E-state index contributed by atoms with van der Waals surface area (Å²) >= 11 is 0. The molecule has 3 aromatic rings. The number of carbonyl (C=O) groups excluding carboxylic acids is 3. The van der Waals surface area contributed by atoms with Gasteiger partial charge in [-0.3, -0.25) is 14.4 Å². The zero-order valence-electron chi connectivity index (χ0n) is 29.3. The fourth-order valence-corrected chi connectivity index (χ4v) is 7.91. The van der Waals surface area contributed by atoms with Gasteiger partial charge in [0.2, 0.25) is 5.91 Å². The van der Waals surface area contributed by atoms with Crippen LogP contribution in [0.25, 0.3) is 0 Å². The van der Waals surface area contributed by atoms with Gasteiger partial charge in [-0.05, 0) is 105 Å². The van der Waals surface area contributed by atoms with Crippen LogP contribution in [-0.2, 0) is 23.1 Å². The molecule has 1 aromatic heterocycles. The van der Waals surface area contributed by atoms with Crippen molar-refractivity contribution in [1.82, 2.24) is 29.7 Å². The fraction of sp³-hybridized carbons (Fsp3) is 0.514. The molecule has 1 aliphatic heterocycles. The molecule has 3 aliphatic rings. The van der Waals surface area contributed by atoms with E-state index >= 15 is 0 Å². The van der Waals surface area contributed by atoms with E-state index in [1.807, 2.05) is 57.2 Å². The number of hydrogen-bond acceptors (Lipinski definition) is 8. The Hall–Kier alpha value is -4.76. The first kappa shape index (κ1) is 34.1. The third-order valence-corrected chi connectivity index (χ3v) is 10.3. The standard InChI is InChI=1S/C37H45N7O5/c1-21(2)44-35(40-36(48)49-44)37(18-22(3)39-20-32(45)43-28(19-38)16-27-17-31(27)43)29-12-10-25(33(46)41(4)5)14-23(29)8-9-24-15-26(11-13-30(24)37)34(47)42(6)7/h10-15,21-22,27-28,31,39H,8-9,16-18,20H2,1-7H3/t22-,27+,28?,31-/m0/s1. The first-order chi connectivity index (χ1) is 23.3. The minimum atomic E-state index is -1.07. The van der Waals surface area contributed by atoms with Crippen molar-refractivity contribution in [3.8, 4) is 6.07 Å². The summed E-state index contributed by atoms with van der Waals surface area (Å²) in [6.07, 6.45) is 3.21. The highest BCUT2D eigenvalue weighted by Gasteiger charge is 2.54. The van der Waals surface area contributed by atoms with Gasteiger partial charge < -0.3 is 24.5 Å². The minimum Gasteiger partial charge on any atom is -0.345 e. The molecule has 4 atom stereocenters. The number of fused-ring (bicyclic) bond motifs is 3. The second-order valence-electron chi connectivity index (χ2n) is 14.5. The zero-order valence-corrected chi connectivity index (χ0v) is 29.3. The van der Waals surface area contributed by atoms with Gasteiger partial charge in [0.05, 0.1) is 24.1 Å². The number of benzene rings is 2. The largest absolute Gasteiger partial charge is 0.459 e. The first-order valence-corrected chi connectivity index (χ1v) is 17.0. The molecular weight excluding hydrogens is 622 g/mol. The van der Waals surface area contributed by atoms with Gasteiger partial charge in [0, 0.05) is 51.4 Å². The number of nitriles is 1. The number of amides is 3. The highest BCUT2D eigenvalue weighted by Crippen LogP contribution is 2.49. The van der Waals surface area contributed by atoms with Crippen molar-refractivity contribution in [2.24, 2.45) is 5.92 Å².